The van der Waals surface area contributed by atoms with Crippen molar-refractivity contribution in [1.82, 2.24) is 9.88 Å². The molecule has 1 atom stereocenters. The van der Waals surface area contributed by atoms with Crippen LogP contribution in [-0.4, -0.2) is 22.7 Å². The SMILES string of the molecule is COc1ccc(CNC(=O)c2c(O)c3cccc4c3n(c2=O)[C@@H](C)C4)cc1. The van der Waals surface area contributed by atoms with Crippen LogP contribution in [0.15, 0.2) is 47.3 Å². The molecule has 138 valence electrons. The van der Waals surface area contributed by atoms with Gasteiger partial charge in [0.2, 0.25) is 0 Å². The molecule has 0 saturated heterocycles. The van der Waals surface area contributed by atoms with E-state index in [-0.39, 0.29) is 23.9 Å². The van der Waals surface area contributed by atoms with Crippen LogP contribution in [0.5, 0.6) is 11.5 Å². The molecular weight excluding hydrogens is 344 g/mol. The van der Waals surface area contributed by atoms with Gasteiger partial charge in [-0.3, -0.25) is 9.59 Å². The fourth-order valence-electron chi connectivity index (χ4n) is 3.74. The second-order valence-electron chi connectivity index (χ2n) is 6.80. The maximum Gasteiger partial charge on any atom is 0.267 e. The quantitative estimate of drug-likeness (QED) is 0.746. The predicted molar refractivity (Wildman–Crippen MR) is 102 cm³/mol. The smallest absolute Gasteiger partial charge is 0.267 e. The van der Waals surface area contributed by atoms with Crippen LogP contribution in [-0.2, 0) is 13.0 Å². The molecule has 6 nitrogen and oxygen atoms in total. The van der Waals surface area contributed by atoms with E-state index in [0.29, 0.717) is 11.8 Å². The number of carbonyl (C=O) groups excluding carboxylic acids is 1. The average molecular weight is 364 g/mol. The number of carbonyl (C=O) groups is 1. The van der Waals surface area contributed by atoms with Gasteiger partial charge < -0.3 is 19.7 Å². The number of nitrogens with one attached hydrogen (secondary N) is 1. The van der Waals surface area contributed by atoms with Crippen molar-refractivity contribution in [2.75, 3.05) is 7.11 Å². The summed E-state index contributed by atoms with van der Waals surface area (Å²) in [5, 5.41) is 13.9. The van der Waals surface area contributed by atoms with Gasteiger partial charge in [-0.1, -0.05) is 24.3 Å². The Morgan fingerprint density at radius 2 is 2.00 bits per heavy atom. The summed E-state index contributed by atoms with van der Waals surface area (Å²) >= 11 is 0. The summed E-state index contributed by atoms with van der Waals surface area (Å²) < 4.78 is 6.73. The fraction of sp³-hybridized carbons (Fsp3) is 0.238. The fourth-order valence-corrected chi connectivity index (χ4v) is 3.74. The van der Waals surface area contributed by atoms with Gasteiger partial charge >= 0.3 is 0 Å². The van der Waals surface area contributed by atoms with Gasteiger partial charge in [0.25, 0.3) is 11.5 Å². The summed E-state index contributed by atoms with van der Waals surface area (Å²) in [7, 11) is 1.59. The highest BCUT2D eigenvalue weighted by Gasteiger charge is 2.29. The van der Waals surface area contributed by atoms with Crippen LogP contribution in [0, 0.1) is 0 Å². The molecule has 0 aliphatic carbocycles. The number of para-hydroxylation sites is 1. The van der Waals surface area contributed by atoms with Crippen molar-refractivity contribution >= 4 is 16.8 Å². The largest absolute Gasteiger partial charge is 0.506 e. The van der Waals surface area contributed by atoms with Gasteiger partial charge in [-0.05, 0) is 42.7 Å². The number of aromatic hydroxyl groups is 1. The van der Waals surface area contributed by atoms with Crippen molar-refractivity contribution in [3.8, 4) is 11.5 Å². The molecule has 3 aromatic rings. The highest BCUT2D eigenvalue weighted by atomic mass is 16.5. The van der Waals surface area contributed by atoms with E-state index in [1.165, 1.54) is 0 Å². The number of benzene rings is 2. The second kappa shape index (κ2) is 6.46. The van der Waals surface area contributed by atoms with Gasteiger partial charge in [-0.15, -0.1) is 0 Å². The van der Waals surface area contributed by atoms with Crippen LogP contribution in [0.2, 0.25) is 0 Å². The number of pyridine rings is 1. The lowest BCUT2D eigenvalue weighted by Gasteiger charge is -2.14. The van der Waals surface area contributed by atoms with Crippen molar-refractivity contribution in [2.45, 2.75) is 25.9 Å². The third kappa shape index (κ3) is 2.73. The molecular formula is C21H20N2O4. The van der Waals surface area contributed by atoms with Gasteiger partial charge in [0.1, 0.15) is 17.1 Å². The third-order valence-corrected chi connectivity index (χ3v) is 5.08. The van der Waals surface area contributed by atoms with E-state index < -0.39 is 11.5 Å². The normalized spacial score (nSPS) is 15.1. The summed E-state index contributed by atoms with van der Waals surface area (Å²) in [6.45, 7) is 2.19. The van der Waals surface area contributed by atoms with E-state index in [4.69, 9.17) is 4.74 Å². The topological polar surface area (TPSA) is 80.6 Å². The lowest BCUT2D eigenvalue weighted by atomic mass is 10.1. The van der Waals surface area contributed by atoms with E-state index in [1.54, 1.807) is 29.9 Å². The number of ether oxygens (including phenoxy) is 1. The standard InChI is InChI=1S/C21H20N2O4/c1-12-10-14-4-3-5-16-18(14)23(12)21(26)17(19(16)24)20(25)22-11-13-6-8-15(27-2)9-7-13/h3-9,12,24H,10-11H2,1-2H3,(H,22,25)/t12-/m0/s1. The van der Waals surface area contributed by atoms with Crippen molar-refractivity contribution < 1.29 is 14.6 Å². The first-order valence-electron chi connectivity index (χ1n) is 8.81. The van der Waals surface area contributed by atoms with E-state index in [2.05, 4.69) is 5.32 Å². The Balaban J connectivity index is 1.69. The molecule has 27 heavy (non-hydrogen) atoms. The summed E-state index contributed by atoms with van der Waals surface area (Å²) in [5.74, 6) is -0.110. The Morgan fingerprint density at radius 1 is 1.26 bits per heavy atom. The second-order valence-corrected chi connectivity index (χ2v) is 6.80. The molecule has 2 heterocycles. The Morgan fingerprint density at radius 3 is 2.70 bits per heavy atom. The van der Waals surface area contributed by atoms with Crippen LogP contribution < -0.4 is 15.6 Å². The molecule has 0 bridgehead atoms. The van der Waals surface area contributed by atoms with Crippen molar-refractivity contribution in [3.63, 3.8) is 0 Å². The number of nitrogens with zero attached hydrogens (tertiary/aromatic N) is 1. The number of amides is 1. The van der Waals surface area contributed by atoms with Crippen molar-refractivity contribution in [3.05, 3.63) is 69.5 Å². The van der Waals surface area contributed by atoms with Crippen LogP contribution in [0.25, 0.3) is 10.9 Å². The van der Waals surface area contributed by atoms with Crippen LogP contribution in [0.4, 0.5) is 0 Å². The van der Waals surface area contributed by atoms with Crippen molar-refractivity contribution in [1.29, 1.82) is 0 Å². The zero-order chi connectivity index (χ0) is 19.1. The molecule has 6 heteroatoms. The minimum absolute atomic E-state index is 0.0499. The van der Waals surface area contributed by atoms with Gasteiger partial charge in [0.15, 0.2) is 0 Å². The molecule has 2 aromatic carbocycles. The Hall–Kier alpha value is -3.28. The number of methoxy groups -OCH3 is 1. The van der Waals surface area contributed by atoms with Gasteiger partial charge in [-0.25, -0.2) is 0 Å². The number of aromatic nitrogens is 1. The number of hydrogen-bond donors (Lipinski definition) is 2. The number of rotatable bonds is 4. The zero-order valence-corrected chi connectivity index (χ0v) is 15.2. The van der Waals surface area contributed by atoms with E-state index in [9.17, 15) is 14.7 Å². The first-order chi connectivity index (χ1) is 13.0. The molecule has 0 spiro atoms. The number of hydrogen-bond acceptors (Lipinski definition) is 4. The van der Waals surface area contributed by atoms with Gasteiger partial charge in [-0.2, -0.15) is 0 Å². The van der Waals surface area contributed by atoms with E-state index in [1.807, 2.05) is 31.2 Å². The van der Waals surface area contributed by atoms with E-state index >= 15 is 0 Å². The summed E-state index contributed by atoms with van der Waals surface area (Å²) in [5.41, 5.74) is 1.94. The minimum Gasteiger partial charge on any atom is -0.506 e. The van der Waals surface area contributed by atoms with Crippen LogP contribution >= 0.6 is 0 Å². The average Bonchev–Trinajstić information content (AvgIpc) is 3.02. The van der Waals surface area contributed by atoms with E-state index in [0.717, 1.165) is 22.4 Å². The summed E-state index contributed by atoms with van der Waals surface area (Å²) in [6.07, 6.45) is 0.711. The maximum absolute atomic E-state index is 12.9. The Kier molecular flexibility index (Phi) is 4.11. The first-order valence-corrected chi connectivity index (χ1v) is 8.81. The lowest BCUT2D eigenvalue weighted by molar-refractivity contribution is 0.0946. The summed E-state index contributed by atoms with van der Waals surface area (Å²) in [6, 6.07) is 12.7. The highest BCUT2D eigenvalue weighted by molar-refractivity contribution is 6.03. The van der Waals surface area contributed by atoms with Gasteiger partial charge in [0.05, 0.1) is 12.6 Å². The molecule has 0 saturated carbocycles. The monoisotopic (exact) mass is 364 g/mol. The molecule has 0 unspecified atom stereocenters. The molecule has 1 aliphatic rings. The molecule has 1 aromatic heterocycles. The minimum atomic E-state index is -0.580. The molecule has 1 aliphatic heterocycles. The zero-order valence-electron chi connectivity index (χ0n) is 15.2. The maximum atomic E-state index is 12.9. The third-order valence-electron chi connectivity index (χ3n) is 5.08. The molecule has 0 fully saturated rings. The Labute approximate surface area is 156 Å². The molecule has 1 amide bonds. The van der Waals surface area contributed by atoms with Gasteiger partial charge in [0, 0.05) is 18.0 Å². The first kappa shape index (κ1) is 17.1. The highest BCUT2D eigenvalue weighted by Crippen LogP contribution is 2.35. The van der Waals surface area contributed by atoms with Crippen LogP contribution in [0.1, 0.15) is 34.5 Å². The predicted octanol–water partition coefficient (Wildman–Crippen LogP) is 2.76. The Bertz CT molecular complexity index is 1100. The molecule has 0 radical (unpaired) electrons. The molecule has 4 rings (SSSR count). The molecule has 2 N–H and O–H groups in total. The van der Waals surface area contributed by atoms with Crippen LogP contribution in [0.3, 0.4) is 0 Å². The lowest BCUT2D eigenvalue weighted by Crippen LogP contribution is -2.33. The van der Waals surface area contributed by atoms with Crippen molar-refractivity contribution in [2.24, 2.45) is 0 Å². The summed E-state index contributed by atoms with van der Waals surface area (Å²) in [4.78, 5) is 25.6.